The van der Waals surface area contributed by atoms with E-state index in [1.165, 1.54) is 0 Å². The van der Waals surface area contributed by atoms with Gasteiger partial charge in [0.1, 0.15) is 0 Å². The van der Waals surface area contributed by atoms with Crippen molar-refractivity contribution in [1.82, 2.24) is 5.06 Å². The van der Waals surface area contributed by atoms with Crippen molar-refractivity contribution in [1.29, 1.82) is 0 Å². The average Bonchev–Trinajstić information content (AvgIpc) is 2.16. The molecule has 3 heteroatoms. The molecule has 0 aromatic rings. The molecule has 0 spiro atoms. The fourth-order valence-electron chi connectivity index (χ4n) is 1.65. The Bertz CT molecular complexity index is 183. The summed E-state index contributed by atoms with van der Waals surface area (Å²) in [6.45, 7) is 6.83. The van der Waals surface area contributed by atoms with E-state index in [1.807, 2.05) is 0 Å². The van der Waals surface area contributed by atoms with Crippen LogP contribution in [0.3, 0.4) is 0 Å². The van der Waals surface area contributed by atoms with Crippen molar-refractivity contribution in [3.05, 3.63) is 0 Å². The Hall–Kier alpha value is -0.570. The fourth-order valence-corrected chi connectivity index (χ4v) is 1.65. The highest BCUT2D eigenvalue weighted by molar-refractivity contribution is 5.79. The van der Waals surface area contributed by atoms with Crippen molar-refractivity contribution in [2.75, 3.05) is 6.54 Å². The molecule has 0 radical (unpaired) electrons. The van der Waals surface area contributed by atoms with Gasteiger partial charge >= 0.3 is 0 Å². The Balaban J connectivity index is 2.50. The summed E-state index contributed by atoms with van der Waals surface area (Å²) in [5, 5.41) is 9.89. The largest absolute Gasteiger partial charge is 0.286 e. The van der Waals surface area contributed by atoms with Crippen molar-refractivity contribution >= 4 is 5.91 Å². The molecule has 0 bridgehead atoms. The summed E-state index contributed by atoms with van der Waals surface area (Å²) in [6, 6.07) is 0. The molecule has 0 saturated carbocycles. The van der Waals surface area contributed by atoms with E-state index in [1.54, 1.807) is 0 Å². The van der Waals surface area contributed by atoms with Gasteiger partial charge in [-0.3, -0.25) is 10.0 Å². The van der Waals surface area contributed by atoms with Crippen LogP contribution in [0, 0.1) is 11.3 Å². The summed E-state index contributed by atoms with van der Waals surface area (Å²) >= 11 is 0. The molecule has 0 aromatic carbocycles. The molecule has 1 amide bonds. The summed E-state index contributed by atoms with van der Waals surface area (Å²) in [7, 11) is 0. The maximum absolute atomic E-state index is 11.3. The Morgan fingerprint density at radius 3 is 2.50 bits per heavy atom. The van der Waals surface area contributed by atoms with Gasteiger partial charge in [0.05, 0.1) is 0 Å². The summed E-state index contributed by atoms with van der Waals surface area (Å²) in [5.74, 6) is -0.0695. The molecule has 0 aliphatic carbocycles. The predicted octanol–water partition coefficient (Wildman–Crippen LogP) is 1.66. The van der Waals surface area contributed by atoms with Gasteiger partial charge in [-0.1, -0.05) is 20.8 Å². The minimum Gasteiger partial charge on any atom is -0.286 e. The van der Waals surface area contributed by atoms with Gasteiger partial charge in [0.2, 0.25) is 5.91 Å². The molecule has 1 aliphatic rings. The van der Waals surface area contributed by atoms with Gasteiger partial charge in [-0.2, -0.15) is 0 Å². The second-order valence-corrected chi connectivity index (χ2v) is 4.71. The van der Waals surface area contributed by atoms with Gasteiger partial charge in [0.25, 0.3) is 0 Å². The van der Waals surface area contributed by atoms with Gasteiger partial charge in [0.15, 0.2) is 0 Å². The van der Waals surface area contributed by atoms with Crippen LogP contribution in [0.25, 0.3) is 0 Å². The molecule has 1 atom stereocenters. The van der Waals surface area contributed by atoms with Crippen LogP contribution in [-0.2, 0) is 4.79 Å². The van der Waals surface area contributed by atoms with Crippen LogP contribution >= 0.6 is 0 Å². The smallest absolute Gasteiger partial charge is 0.249 e. The van der Waals surface area contributed by atoms with E-state index in [0.29, 0.717) is 6.54 Å². The number of nitrogens with zero attached hydrogens (tertiary/aromatic N) is 1. The lowest BCUT2D eigenvalue weighted by Gasteiger charge is -2.21. The van der Waals surface area contributed by atoms with Crippen molar-refractivity contribution in [2.45, 2.75) is 33.6 Å². The second-order valence-electron chi connectivity index (χ2n) is 4.71. The van der Waals surface area contributed by atoms with Gasteiger partial charge in [-0.15, -0.1) is 0 Å². The zero-order chi connectivity index (χ0) is 9.35. The number of hydroxylamine groups is 2. The molecule has 0 aromatic heterocycles. The average molecular weight is 171 g/mol. The van der Waals surface area contributed by atoms with Crippen LogP contribution < -0.4 is 0 Å². The maximum Gasteiger partial charge on any atom is 0.249 e. The van der Waals surface area contributed by atoms with Crippen LogP contribution in [0.4, 0.5) is 0 Å². The molecular weight excluding hydrogens is 154 g/mol. The first kappa shape index (κ1) is 9.52. The summed E-state index contributed by atoms with van der Waals surface area (Å²) in [5.41, 5.74) is 0.172. The Morgan fingerprint density at radius 2 is 2.17 bits per heavy atom. The van der Waals surface area contributed by atoms with Crippen LogP contribution in [0.15, 0.2) is 0 Å². The number of rotatable bonds is 1. The Kier molecular flexibility index (Phi) is 2.42. The highest BCUT2D eigenvalue weighted by Gasteiger charge is 2.33. The van der Waals surface area contributed by atoms with Gasteiger partial charge in [-0.25, -0.2) is 5.06 Å². The van der Waals surface area contributed by atoms with E-state index >= 15 is 0 Å². The Morgan fingerprint density at radius 1 is 1.58 bits per heavy atom. The maximum atomic E-state index is 11.3. The van der Waals surface area contributed by atoms with Crippen molar-refractivity contribution in [3.63, 3.8) is 0 Å². The molecule has 1 heterocycles. The lowest BCUT2D eigenvalue weighted by atomic mass is 9.84. The number of carbonyl (C=O) groups is 1. The SMILES string of the molecule is CC(C)(C)CC1CCN(O)C1=O. The minimum atomic E-state index is -0.107. The number of hydrogen-bond acceptors (Lipinski definition) is 2. The van der Waals surface area contributed by atoms with Gasteiger partial charge in [0, 0.05) is 12.5 Å². The predicted molar refractivity (Wildman–Crippen MR) is 45.7 cm³/mol. The van der Waals surface area contributed by atoms with Crippen molar-refractivity contribution < 1.29 is 10.0 Å². The molecule has 1 unspecified atom stereocenters. The highest BCUT2D eigenvalue weighted by atomic mass is 16.5. The number of amides is 1. The number of carbonyl (C=O) groups excluding carboxylic acids is 1. The van der Waals surface area contributed by atoms with E-state index < -0.39 is 0 Å². The molecule has 1 saturated heterocycles. The standard InChI is InChI=1S/C9H17NO2/c1-9(2,3)6-7-4-5-10(12)8(7)11/h7,12H,4-6H2,1-3H3. The van der Waals surface area contributed by atoms with E-state index in [0.717, 1.165) is 17.9 Å². The van der Waals surface area contributed by atoms with Gasteiger partial charge < -0.3 is 0 Å². The van der Waals surface area contributed by atoms with Crippen molar-refractivity contribution in [3.8, 4) is 0 Å². The molecule has 70 valence electrons. The quantitative estimate of drug-likeness (QED) is 0.609. The summed E-state index contributed by atoms with van der Waals surface area (Å²) in [6.07, 6.45) is 1.66. The van der Waals surface area contributed by atoms with Crippen LogP contribution in [0.5, 0.6) is 0 Å². The lowest BCUT2D eigenvalue weighted by molar-refractivity contribution is -0.160. The van der Waals surface area contributed by atoms with Crippen LogP contribution in [0.2, 0.25) is 0 Å². The Labute approximate surface area is 73.3 Å². The summed E-state index contributed by atoms with van der Waals surface area (Å²) in [4.78, 5) is 11.3. The molecule has 3 nitrogen and oxygen atoms in total. The zero-order valence-electron chi connectivity index (χ0n) is 8.00. The first-order valence-corrected chi connectivity index (χ1v) is 4.40. The first-order valence-electron chi connectivity index (χ1n) is 4.40. The third-order valence-corrected chi connectivity index (χ3v) is 2.15. The number of hydrogen-bond donors (Lipinski definition) is 1. The van der Waals surface area contributed by atoms with E-state index in [9.17, 15) is 4.79 Å². The third-order valence-electron chi connectivity index (χ3n) is 2.15. The monoisotopic (exact) mass is 171 g/mol. The zero-order valence-corrected chi connectivity index (χ0v) is 8.00. The fraction of sp³-hybridized carbons (Fsp3) is 0.889. The first-order chi connectivity index (χ1) is 5.40. The van der Waals surface area contributed by atoms with Crippen molar-refractivity contribution in [2.24, 2.45) is 11.3 Å². The minimum absolute atomic E-state index is 0.0370. The van der Waals surface area contributed by atoms with Gasteiger partial charge in [-0.05, 0) is 18.3 Å². The normalized spacial score (nSPS) is 25.2. The molecule has 1 fully saturated rings. The highest BCUT2D eigenvalue weighted by Crippen LogP contribution is 2.30. The molecular formula is C9H17NO2. The molecule has 1 rings (SSSR count). The molecule has 1 aliphatic heterocycles. The van der Waals surface area contributed by atoms with E-state index in [2.05, 4.69) is 20.8 Å². The second kappa shape index (κ2) is 3.05. The van der Waals surface area contributed by atoms with E-state index in [-0.39, 0.29) is 17.2 Å². The molecule has 1 N–H and O–H groups in total. The molecule has 12 heavy (non-hydrogen) atoms. The van der Waals surface area contributed by atoms with E-state index in [4.69, 9.17) is 5.21 Å². The van der Waals surface area contributed by atoms with Crippen LogP contribution in [-0.4, -0.2) is 22.7 Å². The topological polar surface area (TPSA) is 40.5 Å². The third kappa shape index (κ3) is 2.21. The summed E-state index contributed by atoms with van der Waals surface area (Å²) < 4.78 is 0. The van der Waals surface area contributed by atoms with Crippen LogP contribution in [0.1, 0.15) is 33.6 Å². The lowest BCUT2D eigenvalue weighted by Crippen LogP contribution is -2.25.